The Morgan fingerprint density at radius 2 is 1.61 bits per heavy atom. The van der Waals surface area contributed by atoms with E-state index in [4.69, 9.17) is 29.4 Å². The standard InChI is InChI=1S/C16H31N3O7S7/c1-27-8-17-6-25-26-12-32-15-31-11-22-16(21)19-10-30-14-33-13-29-9-18-7-24-23-3-5-28-4-2-20/h6-7,20H,2-5,8-15H2,1H3,(H,19,21). The minimum Gasteiger partial charge on any atom is -0.438 e. The van der Waals surface area contributed by atoms with Crippen LogP contribution in [-0.2, 0) is 24.3 Å². The number of alkyl carbamates (subject to hydrolysis) is 1. The van der Waals surface area contributed by atoms with Crippen molar-refractivity contribution in [1.82, 2.24) is 5.32 Å². The molecule has 0 saturated carbocycles. The number of hydrogen-bond acceptors (Lipinski definition) is 16. The average molecular weight is 602 g/mol. The Kier molecular flexibility index (Phi) is 31.1. The van der Waals surface area contributed by atoms with Gasteiger partial charge in [-0.15, -0.1) is 70.6 Å². The van der Waals surface area contributed by atoms with E-state index >= 15 is 0 Å². The van der Waals surface area contributed by atoms with Crippen LogP contribution in [0.25, 0.3) is 0 Å². The maximum Gasteiger partial charge on any atom is 0.408 e. The molecule has 0 atom stereocenters. The summed E-state index contributed by atoms with van der Waals surface area (Å²) in [4.78, 5) is 38.9. The SMILES string of the molecule is CSCN=COOCSCSCOC(=O)NCSCSCSCN=COOCCSCCO. The van der Waals surface area contributed by atoms with Gasteiger partial charge in [-0.05, 0) is 6.26 Å². The topological polar surface area (TPSA) is 120 Å². The van der Waals surface area contributed by atoms with Gasteiger partial charge < -0.3 is 24.9 Å². The van der Waals surface area contributed by atoms with Gasteiger partial charge >= 0.3 is 6.09 Å². The second-order valence-corrected chi connectivity index (χ2v) is 12.9. The lowest BCUT2D eigenvalue weighted by atomic mass is 10.9. The normalized spacial score (nSPS) is 11.3. The summed E-state index contributed by atoms with van der Waals surface area (Å²) >= 11 is 11.2. The molecular weight excluding hydrogens is 571 g/mol. The summed E-state index contributed by atoms with van der Waals surface area (Å²) in [6.07, 6.45) is 4.10. The van der Waals surface area contributed by atoms with Gasteiger partial charge in [0.05, 0.1) is 24.2 Å². The van der Waals surface area contributed by atoms with E-state index in [1.54, 1.807) is 58.8 Å². The van der Waals surface area contributed by atoms with Gasteiger partial charge in [-0.1, -0.05) is 0 Å². The molecule has 0 bridgehead atoms. The predicted molar refractivity (Wildman–Crippen MR) is 151 cm³/mol. The van der Waals surface area contributed by atoms with E-state index in [9.17, 15) is 4.79 Å². The van der Waals surface area contributed by atoms with Gasteiger partial charge in [-0.3, -0.25) is 0 Å². The van der Waals surface area contributed by atoms with Crippen molar-refractivity contribution in [1.29, 1.82) is 0 Å². The largest absolute Gasteiger partial charge is 0.438 e. The molecule has 0 saturated heterocycles. The van der Waals surface area contributed by atoms with Crippen molar-refractivity contribution < 1.29 is 34.2 Å². The zero-order chi connectivity index (χ0) is 24.1. The van der Waals surface area contributed by atoms with Gasteiger partial charge in [0.2, 0.25) is 12.8 Å². The Morgan fingerprint density at radius 1 is 0.879 bits per heavy atom. The lowest BCUT2D eigenvalue weighted by Crippen LogP contribution is -2.23. The molecule has 0 aromatic rings. The monoisotopic (exact) mass is 601 g/mol. The zero-order valence-corrected chi connectivity index (χ0v) is 24.0. The molecule has 0 heterocycles. The van der Waals surface area contributed by atoms with E-state index in [2.05, 4.69) is 15.3 Å². The number of hydrogen-bond donors (Lipinski definition) is 2. The fourth-order valence-electron chi connectivity index (χ4n) is 1.29. The van der Waals surface area contributed by atoms with E-state index in [0.717, 1.165) is 21.0 Å². The van der Waals surface area contributed by atoms with Crippen molar-refractivity contribution in [2.45, 2.75) is 0 Å². The van der Waals surface area contributed by atoms with Crippen molar-refractivity contribution >= 4 is 101 Å². The van der Waals surface area contributed by atoms with Crippen LogP contribution in [0, 0.1) is 0 Å². The summed E-state index contributed by atoms with van der Waals surface area (Å²) < 4.78 is 5.07. The molecule has 0 radical (unpaired) electrons. The number of amides is 1. The summed E-state index contributed by atoms with van der Waals surface area (Å²) in [5.74, 6) is 3.85. The third kappa shape index (κ3) is 30.5. The van der Waals surface area contributed by atoms with Crippen LogP contribution >= 0.6 is 82.3 Å². The molecule has 0 aliphatic rings. The van der Waals surface area contributed by atoms with Gasteiger partial charge in [-0.2, -0.15) is 21.5 Å². The first-order valence-electron chi connectivity index (χ1n) is 9.31. The van der Waals surface area contributed by atoms with E-state index in [0.29, 0.717) is 35.9 Å². The molecule has 0 aromatic heterocycles. The van der Waals surface area contributed by atoms with Crippen molar-refractivity contribution in [3.8, 4) is 0 Å². The van der Waals surface area contributed by atoms with Gasteiger partial charge in [0.15, 0.2) is 0 Å². The lowest BCUT2D eigenvalue weighted by Gasteiger charge is -2.06. The Bertz CT molecular complexity index is 486. The first kappa shape index (κ1) is 33.5. The molecule has 0 aromatic carbocycles. The number of nitrogens with zero attached hydrogens (tertiary/aromatic N) is 2. The van der Waals surface area contributed by atoms with Gasteiger partial charge in [0.25, 0.3) is 0 Å². The third-order valence-electron chi connectivity index (χ3n) is 2.51. The van der Waals surface area contributed by atoms with Crippen LogP contribution in [0.3, 0.4) is 0 Å². The van der Waals surface area contributed by atoms with E-state index in [1.807, 2.05) is 6.26 Å². The van der Waals surface area contributed by atoms with E-state index in [1.165, 1.54) is 36.3 Å². The minimum absolute atomic E-state index is 0.173. The first-order chi connectivity index (χ1) is 16.3. The van der Waals surface area contributed by atoms with Gasteiger partial charge in [0.1, 0.15) is 18.5 Å². The second kappa shape index (κ2) is 30.6. The number of thioether (sulfide) groups is 7. The molecular formula is C16H31N3O7S7. The predicted octanol–water partition coefficient (Wildman–Crippen LogP) is 4.08. The van der Waals surface area contributed by atoms with Crippen molar-refractivity contribution in [3.05, 3.63) is 0 Å². The third-order valence-corrected chi connectivity index (χ3v) is 9.07. The fourth-order valence-corrected chi connectivity index (χ4v) is 6.20. The highest BCUT2D eigenvalue weighted by atomic mass is 32.2. The Morgan fingerprint density at radius 3 is 2.42 bits per heavy atom. The summed E-state index contributed by atoms with van der Waals surface area (Å²) in [6.45, 7) is 0.629. The van der Waals surface area contributed by atoms with Crippen LogP contribution in [0.4, 0.5) is 4.79 Å². The summed E-state index contributed by atoms with van der Waals surface area (Å²) in [5, 5.41) is 13.8. The molecule has 0 aliphatic carbocycles. The summed E-state index contributed by atoms with van der Waals surface area (Å²) in [5.41, 5.74) is 0. The number of carbonyl (C=O) groups is 1. The van der Waals surface area contributed by atoms with Crippen LogP contribution < -0.4 is 5.32 Å². The zero-order valence-electron chi connectivity index (χ0n) is 18.3. The number of aliphatic hydroxyl groups excluding tert-OH is 1. The number of rotatable bonds is 25. The minimum atomic E-state index is -0.424. The van der Waals surface area contributed by atoms with E-state index < -0.39 is 6.09 Å². The highest BCUT2D eigenvalue weighted by molar-refractivity contribution is 8.22. The molecule has 0 rings (SSSR count). The number of aliphatic imine (C=N–C) groups is 2. The number of aliphatic hydroxyl groups is 1. The highest BCUT2D eigenvalue weighted by Gasteiger charge is 2.01. The second-order valence-electron chi connectivity index (χ2n) is 4.95. The smallest absolute Gasteiger partial charge is 0.408 e. The Balaban J connectivity index is 3.22. The fraction of sp³-hybridized carbons (Fsp3) is 0.812. The molecule has 0 spiro atoms. The summed E-state index contributed by atoms with van der Waals surface area (Å²) in [6, 6.07) is 0. The molecule has 194 valence electrons. The molecule has 1 amide bonds. The highest BCUT2D eigenvalue weighted by Crippen LogP contribution is 2.17. The maximum atomic E-state index is 11.6. The molecule has 10 nitrogen and oxygen atoms in total. The number of nitrogens with one attached hydrogen (secondary N) is 1. The van der Waals surface area contributed by atoms with Crippen molar-refractivity contribution in [3.63, 3.8) is 0 Å². The quantitative estimate of drug-likeness (QED) is 0.0390. The lowest BCUT2D eigenvalue weighted by molar-refractivity contribution is -0.210. The molecule has 17 heteroatoms. The Hall–Kier alpha value is 0.540. The number of ether oxygens (including phenoxy) is 1. The summed E-state index contributed by atoms with van der Waals surface area (Å²) in [7, 11) is 0. The van der Waals surface area contributed by atoms with Crippen LogP contribution in [0.5, 0.6) is 0 Å². The van der Waals surface area contributed by atoms with Crippen molar-refractivity contribution in [2.75, 3.05) is 75.7 Å². The van der Waals surface area contributed by atoms with Crippen LogP contribution in [0.2, 0.25) is 0 Å². The molecule has 33 heavy (non-hydrogen) atoms. The van der Waals surface area contributed by atoms with Gasteiger partial charge in [0, 0.05) is 26.8 Å². The average Bonchev–Trinajstić information content (AvgIpc) is 2.82. The van der Waals surface area contributed by atoms with Crippen LogP contribution in [-0.4, -0.2) is 99.7 Å². The van der Waals surface area contributed by atoms with Crippen LogP contribution in [0.15, 0.2) is 9.98 Å². The van der Waals surface area contributed by atoms with Crippen LogP contribution in [0.1, 0.15) is 0 Å². The van der Waals surface area contributed by atoms with Crippen molar-refractivity contribution in [2.24, 2.45) is 9.98 Å². The van der Waals surface area contributed by atoms with E-state index in [-0.39, 0.29) is 12.5 Å². The molecule has 0 unspecified atom stereocenters. The molecule has 0 aliphatic heterocycles. The van der Waals surface area contributed by atoms with Gasteiger partial charge in [-0.25, -0.2) is 14.8 Å². The first-order valence-corrected chi connectivity index (χ1v) is 17.6. The Labute approximate surface area is 225 Å². The molecule has 2 N–H and O–H groups in total. The number of carbonyl (C=O) groups excluding carboxylic acids is 1. The molecule has 0 fully saturated rings. The maximum absolute atomic E-state index is 11.6.